The van der Waals surface area contributed by atoms with Crippen LogP contribution < -0.4 is 10.1 Å². The number of amides is 1. The van der Waals surface area contributed by atoms with Crippen LogP contribution in [0.5, 0.6) is 5.75 Å². The third kappa shape index (κ3) is 8.20. The molecule has 128 valence electrons. The summed E-state index contributed by atoms with van der Waals surface area (Å²) >= 11 is 0. The van der Waals surface area contributed by atoms with E-state index < -0.39 is 27.5 Å². The lowest BCUT2D eigenvalue weighted by atomic mass is 10.3. The van der Waals surface area contributed by atoms with Crippen LogP contribution >= 0.6 is 0 Å². The van der Waals surface area contributed by atoms with E-state index in [1.807, 2.05) is 0 Å². The number of hydrogen-bond acceptors (Lipinski definition) is 5. The van der Waals surface area contributed by atoms with Gasteiger partial charge in [0, 0.05) is 12.1 Å². The summed E-state index contributed by atoms with van der Waals surface area (Å²) in [6.45, 7) is 2.03. The van der Waals surface area contributed by atoms with Crippen LogP contribution in [0.25, 0.3) is 0 Å². The Bertz CT molecular complexity index is 624. The van der Waals surface area contributed by atoms with Crippen LogP contribution in [0, 0.1) is 0 Å². The van der Waals surface area contributed by atoms with Gasteiger partial charge in [0.1, 0.15) is 11.5 Å². The van der Waals surface area contributed by atoms with Crippen molar-refractivity contribution >= 4 is 27.4 Å². The van der Waals surface area contributed by atoms with E-state index >= 15 is 0 Å². The summed E-state index contributed by atoms with van der Waals surface area (Å²) in [5.41, 5.74) is 0.472. The first-order valence-corrected chi connectivity index (χ1v) is 9.09. The van der Waals surface area contributed by atoms with Gasteiger partial charge >= 0.3 is 5.97 Å². The molecule has 0 aromatic heterocycles. The van der Waals surface area contributed by atoms with E-state index in [2.05, 4.69) is 5.32 Å². The number of sulfone groups is 1. The molecule has 8 heteroatoms. The third-order valence-corrected chi connectivity index (χ3v) is 4.54. The standard InChI is InChI=1S/C15H21NO6S/c1-2-10-23(20,21)11-14(17)16-12-5-7-13(8-6-12)22-9-3-4-15(18)19/h5-8H,2-4,9-11H2,1H3,(H,16,17)(H,18,19). The van der Waals surface area contributed by atoms with E-state index in [0.717, 1.165) is 0 Å². The van der Waals surface area contributed by atoms with Crippen LogP contribution in [0.2, 0.25) is 0 Å². The molecule has 0 fully saturated rings. The largest absolute Gasteiger partial charge is 0.494 e. The Hall–Kier alpha value is -2.09. The van der Waals surface area contributed by atoms with Crippen molar-refractivity contribution in [3.63, 3.8) is 0 Å². The summed E-state index contributed by atoms with van der Waals surface area (Å²) in [4.78, 5) is 22.0. The van der Waals surface area contributed by atoms with E-state index in [-0.39, 0.29) is 18.8 Å². The molecule has 0 saturated carbocycles. The van der Waals surface area contributed by atoms with E-state index in [4.69, 9.17) is 9.84 Å². The van der Waals surface area contributed by atoms with E-state index in [0.29, 0.717) is 24.3 Å². The number of benzene rings is 1. The number of carboxylic acid groups (broad SMARTS) is 1. The first kappa shape index (κ1) is 19.0. The highest BCUT2D eigenvalue weighted by Gasteiger charge is 2.15. The number of carbonyl (C=O) groups is 2. The Morgan fingerprint density at radius 1 is 1.22 bits per heavy atom. The van der Waals surface area contributed by atoms with Crippen molar-refractivity contribution in [2.75, 3.05) is 23.4 Å². The molecule has 0 aliphatic carbocycles. The lowest BCUT2D eigenvalue weighted by molar-refractivity contribution is -0.137. The Balaban J connectivity index is 2.44. The molecule has 0 heterocycles. The molecule has 1 rings (SSSR count). The molecule has 0 bridgehead atoms. The predicted octanol–water partition coefficient (Wildman–Crippen LogP) is 1.69. The molecule has 23 heavy (non-hydrogen) atoms. The van der Waals surface area contributed by atoms with Gasteiger partial charge in [0.05, 0.1) is 12.4 Å². The minimum atomic E-state index is -3.37. The number of carbonyl (C=O) groups excluding carboxylic acids is 1. The molecule has 0 unspecified atom stereocenters. The van der Waals surface area contributed by atoms with Crippen molar-refractivity contribution < 1.29 is 27.9 Å². The summed E-state index contributed by atoms with van der Waals surface area (Å²) in [5.74, 6) is -1.44. The zero-order valence-corrected chi connectivity index (χ0v) is 13.8. The second kappa shape index (κ2) is 9.14. The van der Waals surface area contributed by atoms with Crippen LogP contribution in [0.1, 0.15) is 26.2 Å². The molecular weight excluding hydrogens is 322 g/mol. The van der Waals surface area contributed by atoms with Crippen LogP contribution in [-0.4, -0.2) is 43.5 Å². The fourth-order valence-electron chi connectivity index (χ4n) is 1.83. The van der Waals surface area contributed by atoms with Crippen molar-refractivity contribution in [2.24, 2.45) is 0 Å². The zero-order chi connectivity index (χ0) is 17.3. The van der Waals surface area contributed by atoms with E-state index in [1.54, 1.807) is 31.2 Å². The van der Waals surface area contributed by atoms with E-state index in [9.17, 15) is 18.0 Å². The summed E-state index contributed by atoms with van der Waals surface area (Å²) in [6, 6.07) is 6.43. The summed E-state index contributed by atoms with van der Waals surface area (Å²) in [7, 11) is -3.37. The quantitative estimate of drug-likeness (QED) is 0.626. The highest BCUT2D eigenvalue weighted by Crippen LogP contribution is 2.16. The second-order valence-corrected chi connectivity index (χ2v) is 7.19. The maximum absolute atomic E-state index is 11.7. The number of hydrogen-bond donors (Lipinski definition) is 2. The maximum atomic E-state index is 11.7. The van der Waals surface area contributed by atoms with Gasteiger partial charge in [0.25, 0.3) is 0 Å². The van der Waals surface area contributed by atoms with Crippen LogP contribution in [0.4, 0.5) is 5.69 Å². The molecule has 1 aromatic carbocycles. The molecule has 0 aliphatic rings. The maximum Gasteiger partial charge on any atom is 0.303 e. The smallest absolute Gasteiger partial charge is 0.303 e. The molecule has 7 nitrogen and oxygen atoms in total. The Morgan fingerprint density at radius 2 is 1.87 bits per heavy atom. The molecule has 0 aliphatic heterocycles. The van der Waals surface area contributed by atoms with Gasteiger partial charge in [-0.15, -0.1) is 0 Å². The van der Waals surface area contributed by atoms with Crippen molar-refractivity contribution in [3.05, 3.63) is 24.3 Å². The highest BCUT2D eigenvalue weighted by molar-refractivity contribution is 7.92. The summed E-state index contributed by atoms with van der Waals surface area (Å²) < 4.78 is 28.5. The van der Waals surface area contributed by atoms with Crippen molar-refractivity contribution in [1.29, 1.82) is 0 Å². The van der Waals surface area contributed by atoms with Crippen LogP contribution in [0.15, 0.2) is 24.3 Å². The fourth-order valence-corrected chi connectivity index (χ4v) is 3.07. The number of anilines is 1. The van der Waals surface area contributed by atoms with Gasteiger partial charge in [-0.05, 0) is 37.1 Å². The van der Waals surface area contributed by atoms with Crippen molar-refractivity contribution in [1.82, 2.24) is 0 Å². The molecule has 0 radical (unpaired) electrons. The molecule has 2 N–H and O–H groups in total. The predicted molar refractivity (Wildman–Crippen MR) is 86.4 cm³/mol. The monoisotopic (exact) mass is 343 g/mol. The Kier molecular flexibility index (Phi) is 7.53. The minimum absolute atomic E-state index is 0.0104. The van der Waals surface area contributed by atoms with Gasteiger partial charge in [-0.25, -0.2) is 8.42 Å². The second-order valence-electron chi connectivity index (χ2n) is 5.01. The van der Waals surface area contributed by atoms with Gasteiger partial charge in [-0.3, -0.25) is 9.59 Å². The first-order valence-electron chi connectivity index (χ1n) is 7.27. The summed E-state index contributed by atoms with van der Waals surface area (Å²) in [5, 5.41) is 11.0. The zero-order valence-electron chi connectivity index (χ0n) is 12.9. The third-order valence-electron chi connectivity index (χ3n) is 2.81. The first-order chi connectivity index (χ1) is 10.8. The molecule has 1 amide bonds. The molecular formula is C15H21NO6S. The lowest BCUT2D eigenvalue weighted by Gasteiger charge is -2.08. The number of ether oxygens (including phenoxy) is 1. The molecule has 1 aromatic rings. The van der Waals surface area contributed by atoms with Crippen LogP contribution in [-0.2, 0) is 19.4 Å². The fraction of sp³-hybridized carbons (Fsp3) is 0.467. The number of aliphatic carboxylic acids is 1. The van der Waals surface area contributed by atoms with Crippen LogP contribution in [0.3, 0.4) is 0 Å². The normalized spacial score (nSPS) is 11.0. The average molecular weight is 343 g/mol. The van der Waals surface area contributed by atoms with Gasteiger partial charge in [-0.2, -0.15) is 0 Å². The van der Waals surface area contributed by atoms with Gasteiger partial charge in [0.2, 0.25) is 5.91 Å². The topological polar surface area (TPSA) is 110 Å². The Morgan fingerprint density at radius 3 is 2.43 bits per heavy atom. The minimum Gasteiger partial charge on any atom is -0.494 e. The molecule has 0 spiro atoms. The van der Waals surface area contributed by atoms with Crippen molar-refractivity contribution in [2.45, 2.75) is 26.2 Å². The SMILES string of the molecule is CCCS(=O)(=O)CC(=O)Nc1ccc(OCCCC(=O)O)cc1. The molecule has 0 atom stereocenters. The number of carboxylic acids is 1. The van der Waals surface area contributed by atoms with Gasteiger partial charge in [0.15, 0.2) is 9.84 Å². The van der Waals surface area contributed by atoms with Gasteiger partial charge in [-0.1, -0.05) is 6.92 Å². The lowest BCUT2D eigenvalue weighted by Crippen LogP contribution is -2.24. The van der Waals surface area contributed by atoms with E-state index in [1.165, 1.54) is 0 Å². The Labute approximate surface area is 135 Å². The van der Waals surface area contributed by atoms with Crippen molar-refractivity contribution in [3.8, 4) is 5.75 Å². The molecule has 0 saturated heterocycles. The van der Waals surface area contributed by atoms with Gasteiger partial charge < -0.3 is 15.2 Å². The number of rotatable bonds is 10. The summed E-state index contributed by atoms with van der Waals surface area (Å²) in [6.07, 6.45) is 0.924. The number of nitrogens with one attached hydrogen (secondary N) is 1. The average Bonchev–Trinajstić information content (AvgIpc) is 2.44. The highest BCUT2D eigenvalue weighted by atomic mass is 32.2.